The Morgan fingerprint density at radius 3 is 2.67 bits per heavy atom. The van der Waals surface area contributed by atoms with E-state index in [0.29, 0.717) is 44.1 Å². The number of hydrogen-bond acceptors (Lipinski definition) is 9. The third kappa shape index (κ3) is 6.37. The smallest absolute Gasteiger partial charge is 0.421 e. The van der Waals surface area contributed by atoms with Crippen molar-refractivity contribution in [2.45, 2.75) is 50.2 Å². The van der Waals surface area contributed by atoms with E-state index in [1.54, 1.807) is 4.90 Å². The van der Waals surface area contributed by atoms with Gasteiger partial charge in [0.15, 0.2) is 0 Å². The quantitative estimate of drug-likeness (QED) is 0.378. The minimum Gasteiger partial charge on any atom is -0.462 e. The molecule has 1 aromatic carbocycles. The number of rotatable bonds is 7. The molecule has 5 rings (SSSR count). The number of aromatic nitrogens is 2. The lowest BCUT2D eigenvalue weighted by molar-refractivity contribution is -0.139. The lowest BCUT2D eigenvalue weighted by atomic mass is 10.0. The number of fused-ring (bicyclic) bond motifs is 1. The Kier molecular flexibility index (Phi) is 8.75. The number of piperazine rings is 1. The number of alkyl halides is 3. The van der Waals surface area contributed by atoms with E-state index < -0.39 is 29.7 Å². The minimum atomic E-state index is -4.89. The summed E-state index contributed by atoms with van der Waals surface area (Å²) in [6.07, 6.45) is -3.26. The number of benzene rings is 1. The highest BCUT2D eigenvalue weighted by Crippen LogP contribution is 2.40. The molecule has 43 heavy (non-hydrogen) atoms. The van der Waals surface area contributed by atoms with E-state index in [-0.39, 0.29) is 56.2 Å². The lowest BCUT2D eigenvalue weighted by Crippen LogP contribution is -2.55. The first-order chi connectivity index (χ1) is 20.5. The summed E-state index contributed by atoms with van der Waals surface area (Å²) in [6.45, 7) is 5.40. The van der Waals surface area contributed by atoms with Gasteiger partial charge < -0.3 is 24.5 Å². The fraction of sp³-hybridized carbons (Fsp3) is 0.517. The van der Waals surface area contributed by atoms with Gasteiger partial charge in [0.1, 0.15) is 23.8 Å². The molecule has 230 valence electrons. The third-order valence-electron chi connectivity index (χ3n) is 8.28. The molecule has 14 heteroatoms. The van der Waals surface area contributed by atoms with Crippen molar-refractivity contribution in [3.05, 3.63) is 53.5 Å². The lowest BCUT2D eigenvalue weighted by Gasteiger charge is -2.42. The Bertz CT molecular complexity index is 1420. The van der Waals surface area contributed by atoms with Gasteiger partial charge in [0.05, 0.1) is 42.6 Å². The zero-order valence-corrected chi connectivity index (χ0v) is 23.7. The fourth-order valence-corrected chi connectivity index (χ4v) is 6.13. The summed E-state index contributed by atoms with van der Waals surface area (Å²) in [5.74, 6) is -1.09. The molecule has 2 fully saturated rings. The van der Waals surface area contributed by atoms with Crippen LogP contribution in [0, 0.1) is 17.1 Å². The maximum atomic E-state index is 14.4. The number of carbonyl (C=O) groups is 1. The summed E-state index contributed by atoms with van der Waals surface area (Å²) in [6, 6.07) is 4.95. The van der Waals surface area contributed by atoms with Gasteiger partial charge in [-0.15, -0.1) is 0 Å². The molecule has 0 saturated carbocycles. The Balaban J connectivity index is 1.49. The molecule has 3 aliphatic heterocycles. The van der Waals surface area contributed by atoms with Crippen LogP contribution in [0.25, 0.3) is 0 Å². The van der Waals surface area contributed by atoms with Crippen LogP contribution in [0.1, 0.15) is 29.7 Å². The predicted octanol–water partition coefficient (Wildman–Crippen LogP) is 2.76. The zero-order valence-electron chi connectivity index (χ0n) is 23.7. The number of nitrogens with zero attached hydrogens (tertiary/aromatic N) is 7. The Morgan fingerprint density at radius 1 is 1.21 bits per heavy atom. The van der Waals surface area contributed by atoms with Crippen molar-refractivity contribution in [3.8, 4) is 12.1 Å². The average Bonchev–Trinajstić information content (AvgIpc) is 3.30. The molecular weight excluding hydrogens is 570 g/mol. The SMILES string of the molecule is C=CC(=O)N1CCN(c2nc(OC[C@@H]3C[C@@H](O)CN3C)nc3c2CCN(c2cccc(F)c2C(F)(F)F)C3)C[C@@H]1CC#N. The Morgan fingerprint density at radius 2 is 2.00 bits per heavy atom. The topological polar surface area (TPSA) is 109 Å². The molecule has 3 aliphatic rings. The van der Waals surface area contributed by atoms with Gasteiger partial charge in [-0.2, -0.15) is 28.4 Å². The largest absolute Gasteiger partial charge is 0.462 e. The van der Waals surface area contributed by atoms with E-state index in [4.69, 9.17) is 9.72 Å². The van der Waals surface area contributed by atoms with Gasteiger partial charge in [0.25, 0.3) is 0 Å². The van der Waals surface area contributed by atoms with Crippen LogP contribution in [0.4, 0.5) is 29.1 Å². The molecule has 1 aromatic heterocycles. The van der Waals surface area contributed by atoms with Crippen LogP contribution in [0.15, 0.2) is 30.9 Å². The van der Waals surface area contributed by atoms with E-state index in [0.717, 1.165) is 11.6 Å². The van der Waals surface area contributed by atoms with E-state index in [1.807, 2.05) is 16.8 Å². The molecule has 1 amide bonds. The van der Waals surface area contributed by atoms with Crippen molar-refractivity contribution in [1.29, 1.82) is 5.26 Å². The number of aliphatic hydroxyl groups is 1. The number of likely N-dealkylation sites (N-methyl/N-ethyl adjacent to an activating group) is 1. The number of aliphatic hydroxyl groups excluding tert-OH is 1. The standard InChI is InChI=1S/C29H33F4N7O3/c1-3-25(42)40-12-11-39(14-18(40)7-9-34)27-21-8-10-38(24-6-4-5-22(30)26(24)29(31,32)33)16-23(21)35-28(36-27)43-17-19-13-20(41)15-37(19)2/h3-6,18-20,41H,1,7-8,10-17H2,2H3/t18-,19-,20+/m0/s1. The molecule has 2 saturated heterocycles. The first kappa shape index (κ1) is 30.5. The van der Waals surface area contributed by atoms with Crippen molar-refractivity contribution in [2.75, 3.05) is 56.2 Å². The molecule has 0 bridgehead atoms. The number of halogens is 4. The van der Waals surface area contributed by atoms with Gasteiger partial charge in [0, 0.05) is 44.3 Å². The van der Waals surface area contributed by atoms with Crippen LogP contribution in [0.3, 0.4) is 0 Å². The van der Waals surface area contributed by atoms with Crippen molar-refractivity contribution in [2.24, 2.45) is 0 Å². The second-order valence-electron chi connectivity index (χ2n) is 11.1. The summed E-state index contributed by atoms with van der Waals surface area (Å²) in [5.41, 5.74) is -0.423. The first-order valence-electron chi connectivity index (χ1n) is 14.1. The molecule has 3 atom stereocenters. The van der Waals surface area contributed by atoms with Crippen LogP contribution in [0.2, 0.25) is 0 Å². The van der Waals surface area contributed by atoms with Gasteiger partial charge in [-0.1, -0.05) is 12.6 Å². The van der Waals surface area contributed by atoms with Crippen molar-refractivity contribution >= 4 is 17.4 Å². The van der Waals surface area contributed by atoms with E-state index in [2.05, 4.69) is 17.6 Å². The summed E-state index contributed by atoms with van der Waals surface area (Å²) in [5, 5.41) is 19.4. The third-order valence-corrected chi connectivity index (χ3v) is 8.28. The molecule has 1 N–H and O–H groups in total. The Labute approximate surface area is 246 Å². The fourth-order valence-electron chi connectivity index (χ4n) is 6.13. The molecule has 2 aromatic rings. The number of carbonyl (C=O) groups excluding carboxylic acids is 1. The molecule has 10 nitrogen and oxygen atoms in total. The van der Waals surface area contributed by atoms with Crippen LogP contribution in [-0.4, -0.2) is 95.3 Å². The molecule has 0 aliphatic carbocycles. The molecule has 0 unspecified atom stereocenters. The van der Waals surface area contributed by atoms with Crippen molar-refractivity contribution < 1.29 is 32.2 Å². The predicted molar refractivity (Wildman–Crippen MR) is 149 cm³/mol. The molecule has 4 heterocycles. The maximum Gasteiger partial charge on any atom is 0.421 e. The average molecular weight is 604 g/mol. The van der Waals surface area contributed by atoms with Crippen LogP contribution >= 0.6 is 0 Å². The number of anilines is 2. The first-order valence-corrected chi connectivity index (χ1v) is 14.1. The number of ether oxygens (including phenoxy) is 1. The number of likely N-dealkylation sites (tertiary alicyclic amines) is 1. The summed E-state index contributed by atoms with van der Waals surface area (Å²) in [4.78, 5) is 28.7. The van der Waals surface area contributed by atoms with Crippen molar-refractivity contribution in [3.63, 3.8) is 0 Å². The normalized spacial score (nSPS) is 22.7. The number of nitriles is 1. The number of amides is 1. The second-order valence-corrected chi connectivity index (χ2v) is 11.1. The highest BCUT2D eigenvalue weighted by atomic mass is 19.4. The monoisotopic (exact) mass is 603 g/mol. The highest BCUT2D eigenvalue weighted by Gasteiger charge is 2.40. The molecule has 0 radical (unpaired) electrons. The van der Waals surface area contributed by atoms with E-state index in [1.165, 1.54) is 23.1 Å². The van der Waals surface area contributed by atoms with Crippen LogP contribution < -0.4 is 14.5 Å². The summed E-state index contributed by atoms with van der Waals surface area (Å²) in [7, 11) is 1.87. The molecule has 0 spiro atoms. The molecular formula is C29H33F4N7O3. The second kappa shape index (κ2) is 12.3. The zero-order chi connectivity index (χ0) is 30.9. The number of hydrogen-bond donors (Lipinski definition) is 1. The van der Waals surface area contributed by atoms with Crippen LogP contribution in [0.5, 0.6) is 6.01 Å². The van der Waals surface area contributed by atoms with Gasteiger partial charge >= 0.3 is 12.2 Å². The highest BCUT2D eigenvalue weighted by molar-refractivity contribution is 5.87. The Hall–Kier alpha value is -3.96. The van der Waals surface area contributed by atoms with Gasteiger partial charge in [-0.3, -0.25) is 9.69 Å². The van der Waals surface area contributed by atoms with Crippen molar-refractivity contribution in [1.82, 2.24) is 19.8 Å². The van der Waals surface area contributed by atoms with Gasteiger partial charge in [0.2, 0.25) is 5.91 Å². The maximum absolute atomic E-state index is 14.4. The van der Waals surface area contributed by atoms with E-state index in [9.17, 15) is 32.7 Å². The minimum absolute atomic E-state index is 0.0297. The van der Waals surface area contributed by atoms with Crippen LogP contribution in [-0.2, 0) is 23.9 Å². The van der Waals surface area contributed by atoms with Gasteiger partial charge in [-0.25, -0.2) is 4.39 Å². The van der Waals surface area contributed by atoms with Gasteiger partial charge in [-0.05, 0) is 38.1 Å². The summed E-state index contributed by atoms with van der Waals surface area (Å²) >= 11 is 0. The van der Waals surface area contributed by atoms with E-state index >= 15 is 0 Å². The summed E-state index contributed by atoms with van der Waals surface area (Å²) < 4.78 is 62.0. The number of β-amino-alcohol motifs (C(OH)–C–C–N with tert-alkyl or cyclic N) is 1.